The molecular formula is C24H39N3O5S. The zero-order valence-corrected chi connectivity index (χ0v) is 21.0. The van der Waals surface area contributed by atoms with Crippen LogP contribution in [-0.2, 0) is 9.53 Å². The van der Waals surface area contributed by atoms with Gasteiger partial charge in [-0.25, -0.2) is 9.78 Å². The first kappa shape index (κ1) is 27.2. The van der Waals surface area contributed by atoms with E-state index in [0.717, 1.165) is 12.8 Å². The maximum atomic E-state index is 13.1. The van der Waals surface area contributed by atoms with Crippen molar-refractivity contribution in [2.24, 2.45) is 5.92 Å². The smallest absolute Gasteiger partial charge is 0.408 e. The second-order valence-electron chi connectivity index (χ2n) is 9.56. The van der Waals surface area contributed by atoms with Gasteiger partial charge < -0.3 is 25.2 Å². The van der Waals surface area contributed by atoms with Gasteiger partial charge in [0.2, 0.25) is 11.8 Å². The zero-order valence-electron chi connectivity index (χ0n) is 20.2. The molecule has 0 saturated heterocycles. The number of aromatic nitrogens is 1. The minimum absolute atomic E-state index is 0.0152. The first-order valence-electron chi connectivity index (χ1n) is 11.7. The van der Waals surface area contributed by atoms with Gasteiger partial charge in [0.25, 0.3) is 0 Å². The van der Waals surface area contributed by atoms with Crippen LogP contribution < -0.4 is 15.4 Å². The number of ether oxygens (including phenoxy) is 2. The molecule has 3 N–H and O–H groups in total. The molecule has 2 amide bonds. The number of aliphatic hydroxyl groups excluding tert-OH is 1. The van der Waals surface area contributed by atoms with E-state index in [1.165, 1.54) is 31.0 Å². The Balaban J connectivity index is 2.04. The summed E-state index contributed by atoms with van der Waals surface area (Å²) in [6, 6.07) is 4.06. The molecule has 9 heteroatoms. The van der Waals surface area contributed by atoms with Crippen LogP contribution in [0.4, 0.5) is 4.79 Å². The van der Waals surface area contributed by atoms with E-state index in [0.29, 0.717) is 24.0 Å². The minimum atomic E-state index is -0.908. The molecule has 33 heavy (non-hydrogen) atoms. The minimum Gasteiger partial charge on any atom is -0.475 e. The van der Waals surface area contributed by atoms with Gasteiger partial charge in [0.1, 0.15) is 24.4 Å². The van der Waals surface area contributed by atoms with Gasteiger partial charge in [-0.3, -0.25) is 4.79 Å². The number of hydrogen-bond donors (Lipinski definition) is 3. The van der Waals surface area contributed by atoms with Crippen molar-refractivity contribution in [2.75, 3.05) is 18.6 Å². The molecule has 0 bridgehead atoms. The number of pyridine rings is 1. The molecule has 1 fully saturated rings. The predicted molar refractivity (Wildman–Crippen MR) is 130 cm³/mol. The number of aliphatic hydroxyl groups is 1. The van der Waals surface area contributed by atoms with Crippen molar-refractivity contribution in [1.82, 2.24) is 15.6 Å². The summed E-state index contributed by atoms with van der Waals surface area (Å²) in [6.45, 7) is 5.33. The number of hydrogen-bond acceptors (Lipinski definition) is 7. The van der Waals surface area contributed by atoms with Crippen LogP contribution >= 0.6 is 11.8 Å². The lowest BCUT2D eigenvalue weighted by Crippen LogP contribution is -2.55. The third-order valence-corrected chi connectivity index (χ3v) is 6.15. The average Bonchev–Trinajstić information content (AvgIpc) is 2.77. The number of carbonyl (C=O) groups excluding carboxylic acids is 2. The number of thioether (sulfide) groups is 1. The first-order valence-corrected chi connectivity index (χ1v) is 13.1. The summed E-state index contributed by atoms with van der Waals surface area (Å²) in [6.07, 6.45) is 8.35. The molecule has 1 aromatic rings. The number of alkyl carbamates (subject to hydrolysis) is 1. The van der Waals surface area contributed by atoms with Crippen molar-refractivity contribution in [3.63, 3.8) is 0 Å². The number of carbonyl (C=O) groups is 2. The van der Waals surface area contributed by atoms with E-state index in [1.54, 1.807) is 39.1 Å². The second kappa shape index (κ2) is 13.6. The standard InChI is InChI=1S/C24H39N3O5S/c1-24(2,3)32-23(30)27-19(16-33-4)22(29)26-18(14-17-10-6-5-7-11-17)20(28)15-31-21-12-8-9-13-25-21/h8-9,12-13,17-20,28H,5-7,10-11,14-16H2,1-4H3,(H,26,29)(H,27,30)/t18-,19-,20-/m0/s1. The third kappa shape index (κ3) is 10.6. The van der Waals surface area contributed by atoms with Crippen LogP contribution in [-0.4, -0.2) is 64.5 Å². The van der Waals surface area contributed by atoms with Gasteiger partial charge in [-0.2, -0.15) is 11.8 Å². The summed E-state index contributed by atoms with van der Waals surface area (Å²) in [5.41, 5.74) is -0.660. The Labute approximate surface area is 201 Å². The Bertz CT molecular complexity index is 723. The van der Waals surface area contributed by atoms with Crippen molar-refractivity contribution in [3.8, 4) is 5.88 Å². The first-order chi connectivity index (χ1) is 15.7. The molecule has 1 aliphatic carbocycles. The molecule has 0 aliphatic heterocycles. The van der Waals surface area contributed by atoms with Gasteiger partial charge in [-0.1, -0.05) is 38.2 Å². The van der Waals surface area contributed by atoms with Gasteiger partial charge in [0.05, 0.1) is 6.04 Å². The summed E-state index contributed by atoms with van der Waals surface area (Å²) in [7, 11) is 0. The molecule has 0 spiro atoms. The topological polar surface area (TPSA) is 110 Å². The van der Waals surface area contributed by atoms with Crippen molar-refractivity contribution in [1.29, 1.82) is 0 Å². The maximum Gasteiger partial charge on any atom is 0.408 e. The molecule has 1 aromatic heterocycles. The molecule has 186 valence electrons. The summed E-state index contributed by atoms with van der Waals surface area (Å²) in [5, 5.41) is 16.6. The van der Waals surface area contributed by atoms with Gasteiger partial charge in [-0.15, -0.1) is 0 Å². The molecule has 1 saturated carbocycles. The Morgan fingerprint density at radius 2 is 1.94 bits per heavy atom. The Kier molecular flexibility index (Phi) is 11.3. The van der Waals surface area contributed by atoms with Crippen molar-refractivity contribution < 1.29 is 24.2 Å². The van der Waals surface area contributed by atoms with Crippen LogP contribution in [0.3, 0.4) is 0 Å². The van der Waals surface area contributed by atoms with E-state index in [4.69, 9.17) is 9.47 Å². The monoisotopic (exact) mass is 481 g/mol. The zero-order chi connectivity index (χ0) is 24.3. The van der Waals surface area contributed by atoms with E-state index in [1.807, 2.05) is 12.3 Å². The van der Waals surface area contributed by atoms with Crippen LogP contribution in [0.5, 0.6) is 5.88 Å². The highest BCUT2D eigenvalue weighted by molar-refractivity contribution is 7.98. The lowest BCUT2D eigenvalue weighted by molar-refractivity contribution is -0.124. The molecule has 3 atom stereocenters. The van der Waals surface area contributed by atoms with E-state index in [2.05, 4.69) is 15.6 Å². The highest BCUT2D eigenvalue weighted by atomic mass is 32.2. The van der Waals surface area contributed by atoms with Gasteiger partial charge in [0.15, 0.2) is 0 Å². The van der Waals surface area contributed by atoms with Crippen LogP contribution in [0.1, 0.15) is 59.3 Å². The summed E-state index contributed by atoms with van der Waals surface area (Å²) in [4.78, 5) is 29.5. The molecule has 1 heterocycles. The number of rotatable bonds is 11. The Morgan fingerprint density at radius 1 is 1.21 bits per heavy atom. The molecule has 1 aliphatic rings. The molecule has 0 aromatic carbocycles. The maximum absolute atomic E-state index is 13.1. The van der Waals surface area contributed by atoms with Gasteiger partial charge in [0, 0.05) is 18.0 Å². The fraction of sp³-hybridized carbons (Fsp3) is 0.708. The number of nitrogens with one attached hydrogen (secondary N) is 2. The lowest BCUT2D eigenvalue weighted by Gasteiger charge is -2.31. The largest absolute Gasteiger partial charge is 0.475 e. The highest BCUT2D eigenvalue weighted by Gasteiger charge is 2.30. The summed E-state index contributed by atoms with van der Waals surface area (Å²) in [5.74, 6) is 0.910. The van der Waals surface area contributed by atoms with Gasteiger partial charge >= 0.3 is 6.09 Å². The van der Waals surface area contributed by atoms with E-state index < -0.39 is 29.9 Å². The third-order valence-electron chi connectivity index (χ3n) is 5.48. The fourth-order valence-corrected chi connectivity index (χ4v) is 4.46. The van der Waals surface area contributed by atoms with Crippen LogP contribution in [0.15, 0.2) is 24.4 Å². The lowest BCUT2D eigenvalue weighted by atomic mass is 9.83. The van der Waals surface area contributed by atoms with E-state index in [9.17, 15) is 14.7 Å². The molecular weight excluding hydrogens is 442 g/mol. The predicted octanol–water partition coefficient (Wildman–Crippen LogP) is 3.53. The normalized spacial score (nSPS) is 17.5. The summed E-state index contributed by atoms with van der Waals surface area (Å²) >= 11 is 1.45. The van der Waals surface area contributed by atoms with Crippen LogP contribution in [0.2, 0.25) is 0 Å². The molecule has 8 nitrogen and oxygen atoms in total. The Hall–Kier alpha value is -2.00. The Morgan fingerprint density at radius 3 is 2.55 bits per heavy atom. The quantitative estimate of drug-likeness (QED) is 0.443. The van der Waals surface area contributed by atoms with Crippen LogP contribution in [0.25, 0.3) is 0 Å². The SMILES string of the molecule is CSC[C@H](NC(=O)OC(C)(C)C)C(=O)N[C@@H](CC1CCCCC1)[C@@H](O)COc1ccccn1. The average molecular weight is 482 g/mol. The van der Waals surface area contributed by atoms with E-state index in [-0.39, 0.29) is 12.5 Å². The van der Waals surface area contributed by atoms with Crippen LogP contribution in [0, 0.1) is 5.92 Å². The second-order valence-corrected chi connectivity index (χ2v) is 10.5. The van der Waals surface area contributed by atoms with Crippen molar-refractivity contribution >= 4 is 23.8 Å². The number of amides is 2. The molecule has 0 unspecified atom stereocenters. The van der Waals surface area contributed by atoms with E-state index >= 15 is 0 Å². The van der Waals surface area contributed by atoms with Crippen molar-refractivity contribution in [2.45, 2.75) is 83.1 Å². The number of nitrogens with zero attached hydrogens (tertiary/aromatic N) is 1. The fourth-order valence-electron chi connectivity index (χ4n) is 3.90. The van der Waals surface area contributed by atoms with Crippen molar-refractivity contribution in [3.05, 3.63) is 24.4 Å². The molecule has 0 radical (unpaired) electrons. The summed E-state index contributed by atoms with van der Waals surface area (Å²) < 4.78 is 11.0. The highest BCUT2D eigenvalue weighted by Crippen LogP contribution is 2.28. The molecule has 2 rings (SSSR count). The van der Waals surface area contributed by atoms with Gasteiger partial charge in [-0.05, 0) is 45.4 Å².